The fraction of sp³-hybridized carbons (Fsp3) is 0.259. The maximum atomic E-state index is 13.3. The summed E-state index contributed by atoms with van der Waals surface area (Å²) in [5, 5.41) is 8.92. The van der Waals surface area contributed by atoms with Crippen molar-refractivity contribution < 1.29 is 4.79 Å². The molecule has 0 bridgehead atoms. The normalized spacial score (nSPS) is 11.4. The summed E-state index contributed by atoms with van der Waals surface area (Å²) < 4.78 is 3.80. The molecule has 7 nitrogen and oxygen atoms in total. The average Bonchev–Trinajstić information content (AvgIpc) is 3.41. The van der Waals surface area contributed by atoms with Crippen molar-refractivity contribution in [3.63, 3.8) is 0 Å². The van der Waals surface area contributed by atoms with Crippen molar-refractivity contribution >= 4 is 28.1 Å². The molecule has 7 heteroatoms. The minimum absolute atomic E-state index is 0.196. The molecule has 0 spiro atoms. The molecule has 0 aliphatic rings. The first-order valence-corrected chi connectivity index (χ1v) is 11.8. The summed E-state index contributed by atoms with van der Waals surface area (Å²) in [5.41, 5.74) is 7.11. The van der Waals surface area contributed by atoms with E-state index in [1.165, 1.54) is 5.56 Å². The monoisotopic (exact) mass is 452 g/mol. The van der Waals surface area contributed by atoms with Gasteiger partial charge in [-0.1, -0.05) is 32.4 Å². The van der Waals surface area contributed by atoms with Crippen molar-refractivity contribution in [1.29, 1.82) is 0 Å². The zero-order chi connectivity index (χ0) is 23.7. The third-order valence-corrected chi connectivity index (χ3v) is 6.04. The van der Waals surface area contributed by atoms with Crippen molar-refractivity contribution in [1.82, 2.24) is 24.1 Å². The third-order valence-electron chi connectivity index (χ3n) is 6.04. The van der Waals surface area contributed by atoms with Crippen LogP contribution in [-0.2, 0) is 19.4 Å². The number of aryl methyl sites for hydroxylation is 3. The Bertz CT molecular complexity index is 1500. The molecule has 0 unspecified atom stereocenters. The lowest BCUT2D eigenvalue weighted by atomic mass is 10.1. The molecule has 5 aromatic rings. The van der Waals surface area contributed by atoms with Crippen molar-refractivity contribution in [2.45, 2.75) is 46.6 Å². The van der Waals surface area contributed by atoms with E-state index in [0.29, 0.717) is 12.2 Å². The van der Waals surface area contributed by atoms with Gasteiger partial charge >= 0.3 is 0 Å². The van der Waals surface area contributed by atoms with E-state index in [4.69, 9.17) is 5.10 Å². The van der Waals surface area contributed by atoms with Crippen molar-refractivity contribution in [3.05, 3.63) is 89.3 Å². The van der Waals surface area contributed by atoms with Crippen LogP contribution in [0.1, 0.15) is 53.4 Å². The van der Waals surface area contributed by atoms with Crippen molar-refractivity contribution in [3.8, 4) is 0 Å². The van der Waals surface area contributed by atoms with Gasteiger partial charge in [-0.3, -0.25) is 18.9 Å². The molecule has 1 amide bonds. The molecule has 0 saturated heterocycles. The van der Waals surface area contributed by atoms with E-state index < -0.39 is 0 Å². The van der Waals surface area contributed by atoms with E-state index >= 15 is 0 Å². The molecule has 1 aromatic carbocycles. The third kappa shape index (κ3) is 4.05. The van der Waals surface area contributed by atoms with Gasteiger partial charge in [-0.05, 0) is 61.7 Å². The number of nitrogens with zero attached hydrogens (tertiary/aromatic N) is 5. The summed E-state index contributed by atoms with van der Waals surface area (Å²) >= 11 is 0. The van der Waals surface area contributed by atoms with Gasteiger partial charge < -0.3 is 5.32 Å². The molecule has 4 aromatic heterocycles. The highest BCUT2D eigenvalue weighted by Gasteiger charge is 2.18. The molecule has 34 heavy (non-hydrogen) atoms. The number of benzene rings is 1. The quantitative estimate of drug-likeness (QED) is 0.368. The molecule has 0 aliphatic carbocycles. The summed E-state index contributed by atoms with van der Waals surface area (Å²) in [4.78, 5) is 22.3. The van der Waals surface area contributed by atoms with Crippen LogP contribution < -0.4 is 5.32 Å². The number of fused-ring (bicyclic) bond motifs is 2. The van der Waals surface area contributed by atoms with Gasteiger partial charge in [-0.2, -0.15) is 5.10 Å². The number of imidazole rings is 1. The Morgan fingerprint density at radius 2 is 1.94 bits per heavy atom. The first-order valence-electron chi connectivity index (χ1n) is 11.8. The van der Waals surface area contributed by atoms with Gasteiger partial charge in [0, 0.05) is 17.3 Å². The number of aromatic nitrogens is 5. The Hall–Kier alpha value is -4.00. The maximum Gasteiger partial charge on any atom is 0.274 e. The van der Waals surface area contributed by atoms with Gasteiger partial charge in [0.25, 0.3) is 5.91 Å². The average molecular weight is 453 g/mol. The largest absolute Gasteiger partial charge is 0.320 e. The number of amides is 1. The van der Waals surface area contributed by atoms with Crippen LogP contribution in [0.25, 0.3) is 16.6 Å². The predicted octanol–water partition coefficient (Wildman–Crippen LogP) is 5.20. The fourth-order valence-electron chi connectivity index (χ4n) is 4.44. The van der Waals surface area contributed by atoms with Crippen LogP contribution in [0.15, 0.2) is 60.9 Å². The van der Waals surface area contributed by atoms with Crippen LogP contribution in [0.2, 0.25) is 0 Å². The second-order valence-corrected chi connectivity index (χ2v) is 8.54. The van der Waals surface area contributed by atoms with Gasteiger partial charge in [0.1, 0.15) is 11.3 Å². The van der Waals surface area contributed by atoms with Crippen LogP contribution in [0.3, 0.4) is 0 Å². The first-order chi connectivity index (χ1) is 16.6. The van der Waals surface area contributed by atoms with E-state index in [2.05, 4.69) is 29.1 Å². The van der Waals surface area contributed by atoms with Gasteiger partial charge in [-0.15, -0.1) is 0 Å². The van der Waals surface area contributed by atoms with Crippen LogP contribution >= 0.6 is 0 Å². The van der Waals surface area contributed by atoms with E-state index in [9.17, 15) is 4.79 Å². The molecule has 0 saturated carbocycles. The Morgan fingerprint density at radius 1 is 1.09 bits per heavy atom. The molecule has 172 valence electrons. The number of pyridine rings is 2. The summed E-state index contributed by atoms with van der Waals surface area (Å²) in [6.45, 7) is 6.79. The second-order valence-electron chi connectivity index (χ2n) is 8.54. The number of rotatable bonds is 7. The van der Waals surface area contributed by atoms with Crippen molar-refractivity contribution in [2.24, 2.45) is 0 Å². The zero-order valence-electron chi connectivity index (χ0n) is 19.7. The highest BCUT2D eigenvalue weighted by Crippen LogP contribution is 2.28. The predicted molar refractivity (Wildman–Crippen MR) is 134 cm³/mol. The fourth-order valence-corrected chi connectivity index (χ4v) is 4.44. The standard InChI is InChI=1S/C27H28N6O/c1-4-8-19-13-14-32-24(16-28-25(32)15-19)27(34)30-22-11-7-12-23-26(22)21(5-2)31-33(23)17-20-10-6-9-18(3)29-20/h6-7,9-16H,4-5,8,17H2,1-3H3,(H,30,34). The summed E-state index contributed by atoms with van der Waals surface area (Å²) in [5.74, 6) is -0.196. The molecule has 0 aliphatic heterocycles. The Labute approximate surface area is 198 Å². The maximum absolute atomic E-state index is 13.3. The molecular formula is C27H28N6O. The number of hydrogen-bond acceptors (Lipinski definition) is 4. The number of hydrogen-bond donors (Lipinski definition) is 1. The first kappa shape index (κ1) is 21.8. The zero-order valence-corrected chi connectivity index (χ0v) is 19.7. The number of carbonyl (C=O) groups excluding carboxylic acids is 1. The molecule has 4 heterocycles. The van der Waals surface area contributed by atoms with Crippen LogP contribution in [-0.4, -0.2) is 30.1 Å². The lowest BCUT2D eigenvalue weighted by molar-refractivity contribution is 0.102. The van der Waals surface area contributed by atoms with Crippen LogP contribution in [0.4, 0.5) is 5.69 Å². The summed E-state index contributed by atoms with van der Waals surface area (Å²) in [7, 11) is 0. The smallest absolute Gasteiger partial charge is 0.274 e. The highest BCUT2D eigenvalue weighted by atomic mass is 16.1. The minimum atomic E-state index is -0.196. The Morgan fingerprint density at radius 3 is 2.74 bits per heavy atom. The number of nitrogens with one attached hydrogen (secondary N) is 1. The van der Waals surface area contributed by atoms with Gasteiger partial charge in [0.2, 0.25) is 0 Å². The SMILES string of the molecule is CCCc1ccn2c(C(=O)Nc3cccc4c3c(CC)nn4Cc3cccc(C)n3)cnc2c1. The molecule has 0 fully saturated rings. The van der Waals surface area contributed by atoms with E-state index in [1.54, 1.807) is 6.20 Å². The molecule has 0 radical (unpaired) electrons. The van der Waals surface area contributed by atoms with Crippen LogP contribution in [0, 0.1) is 6.92 Å². The van der Waals surface area contributed by atoms with E-state index in [1.807, 2.05) is 70.7 Å². The van der Waals surface area contributed by atoms with Gasteiger partial charge in [0.15, 0.2) is 0 Å². The highest BCUT2D eigenvalue weighted by molar-refractivity contribution is 6.08. The van der Waals surface area contributed by atoms with E-state index in [-0.39, 0.29) is 5.91 Å². The summed E-state index contributed by atoms with van der Waals surface area (Å²) in [6.07, 6.45) is 6.38. The van der Waals surface area contributed by atoms with Crippen LogP contribution in [0.5, 0.6) is 0 Å². The van der Waals surface area contributed by atoms with Gasteiger partial charge in [-0.25, -0.2) is 4.98 Å². The molecule has 5 rings (SSSR count). The topological polar surface area (TPSA) is 77.1 Å². The Balaban J connectivity index is 1.49. The van der Waals surface area contributed by atoms with E-state index in [0.717, 1.165) is 58.6 Å². The summed E-state index contributed by atoms with van der Waals surface area (Å²) in [6, 6.07) is 16.0. The second kappa shape index (κ2) is 9.09. The lowest BCUT2D eigenvalue weighted by Gasteiger charge is -2.09. The Kier molecular flexibility index (Phi) is 5.84. The molecule has 1 N–H and O–H groups in total. The molecular weight excluding hydrogens is 424 g/mol. The molecule has 0 atom stereocenters. The van der Waals surface area contributed by atoms with Gasteiger partial charge in [0.05, 0.1) is 35.3 Å². The minimum Gasteiger partial charge on any atom is -0.320 e. The van der Waals surface area contributed by atoms with Crippen molar-refractivity contribution in [2.75, 3.05) is 5.32 Å². The number of anilines is 1. The lowest BCUT2D eigenvalue weighted by Crippen LogP contribution is -2.14. The number of carbonyl (C=O) groups is 1.